The number of ether oxygens (including phenoxy) is 1. The lowest BCUT2D eigenvalue weighted by molar-refractivity contribution is -0.137. The molecule has 17 heavy (non-hydrogen) atoms. The molecule has 1 fully saturated rings. The summed E-state index contributed by atoms with van der Waals surface area (Å²) in [4.78, 5) is 24.0. The predicted octanol–water partition coefficient (Wildman–Crippen LogP) is 1.13. The summed E-state index contributed by atoms with van der Waals surface area (Å²) in [7, 11) is 1.67. The van der Waals surface area contributed by atoms with Crippen molar-refractivity contribution in [2.24, 2.45) is 5.92 Å². The van der Waals surface area contributed by atoms with Crippen LogP contribution >= 0.6 is 0 Å². The number of piperidine rings is 1. The molecule has 0 saturated carbocycles. The first-order valence-electron chi connectivity index (χ1n) is 6.12. The van der Waals surface area contributed by atoms with E-state index in [9.17, 15) is 9.59 Å². The van der Waals surface area contributed by atoms with Gasteiger partial charge in [-0.2, -0.15) is 0 Å². The van der Waals surface area contributed by atoms with Crippen molar-refractivity contribution in [1.29, 1.82) is 0 Å². The molecular weight excluding hydrogens is 222 g/mol. The van der Waals surface area contributed by atoms with Crippen LogP contribution < -0.4 is 0 Å². The van der Waals surface area contributed by atoms with E-state index in [0.29, 0.717) is 25.4 Å². The van der Waals surface area contributed by atoms with Crippen LogP contribution in [0.15, 0.2) is 0 Å². The van der Waals surface area contributed by atoms with Crippen LogP contribution in [-0.2, 0) is 14.3 Å². The lowest BCUT2D eigenvalue weighted by Crippen LogP contribution is -2.41. The number of rotatable bonds is 6. The number of amides is 1. The highest BCUT2D eigenvalue weighted by atomic mass is 16.5. The van der Waals surface area contributed by atoms with Crippen LogP contribution in [0.25, 0.3) is 0 Å². The summed E-state index contributed by atoms with van der Waals surface area (Å²) in [5, 5.41) is 8.51. The van der Waals surface area contributed by atoms with Gasteiger partial charge in [-0.15, -0.1) is 0 Å². The molecule has 1 saturated heterocycles. The number of carbonyl (C=O) groups excluding carboxylic acids is 1. The van der Waals surface area contributed by atoms with Gasteiger partial charge in [0.1, 0.15) is 0 Å². The number of hydrogen-bond donors (Lipinski definition) is 1. The lowest BCUT2D eigenvalue weighted by Gasteiger charge is -2.32. The molecule has 1 N–H and O–H groups in total. The van der Waals surface area contributed by atoms with Crippen molar-refractivity contribution in [2.75, 3.05) is 26.8 Å². The molecule has 1 atom stereocenters. The van der Waals surface area contributed by atoms with Crippen LogP contribution in [0, 0.1) is 5.92 Å². The summed E-state index contributed by atoms with van der Waals surface area (Å²) in [6.07, 6.45) is 2.96. The Morgan fingerprint density at radius 2 is 2.18 bits per heavy atom. The lowest BCUT2D eigenvalue weighted by atomic mass is 9.98. The molecule has 1 heterocycles. The van der Waals surface area contributed by atoms with Crippen molar-refractivity contribution in [1.82, 2.24) is 4.90 Å². The highest BCUT2D eigenvalue weighted by Crippen LogP contribution is 2.17. The molecule has 0 aromatic heterocycles. The summed E-state index contributed by atoms with van der Waals surface area (Å²) in [6.45, 7) is 2.24. The van der Waals surface area contributed by atoms with E-state index in [1.165, 1.54) is 0 Å². The molecule has 1 unspecified atom stereocenters. The Morgan fingerprint density at radius 1 is 1.41 bits per heavy atom. The van der Waals surface area contributed by atoms with Crippen LogP contribution in [0.1, 0.15) is 32.1 Å². The van der Waals surface area contributed by atoms with E-state index in [1.54, 1.807) is 7.11 Å². The van der Waals surface area contributed by atoms with Gasteiger partial charge in [0.2, 0.25) is 5.91 Å². The smallest absolute Gasteiger partial charge is 0.303 e. The van der Waals surface area contributed by atoms with Crippen LogP contribution in [-0.4, -0.2) is 48.7 Å². The molecule has 0 aromatic carbocycles. The molecule has 5 heteroatoms. The fraction of sp³-hybridized carbons (Fsp3) is 0.833. The van der Waals surface area contributed by atoms with E-state index < -0.39 is 5.97 Å². The van der Waals surface area contributed by atoms with Gasteiger partial charge >= 0.3 is 5.97 Å². The van der Waals surface area contributed by atoms with Gasteiger partial charge in [-0.1, -0.05) is 0 Å². The summed E-state index contributed by atoms with van der Waals surface area (Å²) in [5.41, 5.74) is 0. The maximum absolute atomic E-state index is 11.8. The average Bonchev–Trinajstić information content (AvgIpc) is 2.29. The molecule has 5 nitrogen and oxygen atoms in total. The van der Waals surface area contributed by atoms with Crippen molar-refractivity contribution < 1.29 is 19.4 Å². The standard InChI is InChI=1S/C12H21NO4/c1-17-9-10-4-3-7-13(8-10)11(14)5-2-6-12(15)16/h10H,2-9H2,1H3,(H,15,16). The SMILES string of the molecule is COCC1CCCN(C(=O)CCCC(=O)O)C1. The van der Waals surface area contributed by atoms with Gasteiger partial charge in [0.05, 0.1) is 6.61 Å². The van der Waals surface area contributed by atoms with Gasteiger partial charge in [-0.05, 0) is 25.2 Å². The summed E-state index contributed by atoms with van der Waals surface area (Å²) < 4.78 is 5.11. The molecule has 0 radical (unpaired) electrons. The van der Waals surface area contributed by atoms with Gasteiger partial charge in [-0.3, -0.25) is 9.59 Å². The zero-order chi connectivity index (χ0) is 12.7. The normalized spacial score (nSPS) is 20.3. The number of carbonyl (C=O) groups is 2. The van der Waals surface area contributed by atoms with Crippen molar-refractivity contribution in [3.05, 3.63) is 0 Å². The van der Waals surface area contributed by atoms with Gasteiger partial charge < -0.3 is 14.7 Å². The van der Waals surface area contributed by atoms with E-state index >= 15 is 0 Å². The Morgan fingerprint density at radius 3 is 2.82 bits per heavy atom. The zero-order valence-corrected chi connectivity index (χ0v) is 10.4. The topological polar surface area (TPSA) is 66.8 Å². The molecule has 1 rings (SSSR count). The zero-order valence-electron chi connectivity index (χ0n) is 10.4. The van der Waals surface area contributed by atoms with E-state index in [-0.39, 0.29) is 12.3 Å². The van der Waals surface area contributed by atoms with Crippen LogP contribution in [0.3, 0.4) is 0 Å². The quantitative estimate of drug-likeness (QED) is 0.759. The number of carboxylic acid groups (broad SMARTS) is 1. The minimum atomic E-state index is -0.839. The minimum absolute atomic E-state index is 0.0705. The highest BCUT2D eigenvalue weighted by molar-refractivity contribution is 5.77. The molecule has 0 spiro atoms. The first-order chi connectivity index (χ1) is 8.13. The van der Waals surface area contributed by atoms with Crippen LogP contribution in [0.5, 0.6) is 0 Å². The van der Waals surface area contributed by atoms with Crippen molar-refractivity contribution in [3.8, 4) is 0 Å². The van der Waals surface area contributed by atoms with E-state index in [1.807, 2.05) is 4.90 Å². The molecule has 1 amide bonds. The average molecular weight is 243 g/mol. The van der Waals surface area contributed by atoms with Gasteiger partial charge in [-0.25, -0.2) is 0 Å². The number of aliphatic carboxylic acids is 1. The number of hydrogen-bond acceptors (Lipinski definition) is 3. The third-order valence-electron chi connectivity index (χ3n) is 3.06. The second kappa shape index (κ2) is 7.27. The number of carboxylic acids is 1. The fourth-order valence-electron chi connectivity index (χ4n) is 2.21. The maximum Gasteiger partial charge on any atom is 0.303 e. The molecule has 0 aliphatic carbocycles. The molecule has 0 bridgehead atoms. The molecule has 98 valence electrons. The van der Waals surface area contributed by atoms with Gasteiger partial charge in [0.15, 0.2) is 0 Å². The maximum atomic E-state index is 11.8. The van der Waals surface area contributed by atoms with Crippen molar-refractivity contribution in [2.45, 2.75) is 32.1 Å². The van der Waals surface area contributed by atoms with Gasteiger partial charge in [0.25, 0.3) is 0 Å². The largest absolute Gasteiger partial charge is 0.481 e. The Hall–Kier alpha value is -1.10. The Kier molecular flexibility index (Phi) is 5.97. The number of nitrogens with zero attached hydrogens (tertiary/aromatic N) is 1. The number of likely N-dealkylation sites (tertiary alicyclic amines) is 1. The predicted molar refractivity (Wildman–Crippen MR) is 62.7 cm³/mol. The van der Waals surface area contributed by atoms with E-state index in [4.69, 9.17) is 9.84 Å². The second-order valence-electron chi connectivity index (χ2n) is 4.55. The highest BCUT2D eigenvalue weighted by Gasteiger charge is 2.23. The van der Waals surface area contributed by atoms with Crippen LogP contribution in [0.4, 0.5) is 0 Å². The van der Waals surface area contributed by atoms with Gasteiger partial charge in [0, 0.05) is 33.0 Å². The molecule has 0 aromatic rings. The fourth-order valence-corrected chi connectivity index (χ4v) is 2.21. The number of methoxy groups -OCH3 is 1. The molecule has 1 aliphatic heterocycles. The Bertz CT molecular complexity index is 265. The van der Waals surface area contributed by atoms with E-state index in [2.05, 4.69) is 0 Å². The second-order valence-corrected chi connectivity index (χ2v) is 4.55. The first-order valence-corrected chi connectivity index (χ1v) is 6.12. The monoisotopic (exact) mass is 243 g/mol. The third-order valence-corrected chi connectivity index (χ3v) is 3.06. The first kappa shape index (κ1) is 14.0. The minimum Gasteiger partial charge on any atom is -0.481 e. The van der Waals surface area contributed by atoms with Crippen molar-refractivity contribution >= 4 is 11.9 Å². The molecule has 1 aliphatic rings. The van der Waals surface area contributed by atoms with E-state index in [0.717, 1.165) is 25.9 Å². The molecular formula is C12H21NO4. The summed E-state index contributed by atoms with van der Waals surface area (Å²) in [6, 6.07) is 0. The Balaban J connectivity index is 2.28. The van der Waals surface area contributed by atoms with Crippen LogP contribution in [0.2, 0.25) is 0 Å². The Labute approximate surface area is 102 Å². The summed E-state index contributed by atoms with van der Waals surface area (Å²) in [5.74, 6) is -0.335. The third kappa shape index (κ3) is 5.17. The summed E-state index contributed by atoms with van der Waals surface area (Å²) >= 11 is 0. The van der Waals surface area contributed by atoms with Crippen molar-refractivity contribution in [3.63, 3.8) is 0 Å².